The normalized spacial score (nSPS) is 19.3. The van der Waals surface area contributed by atoms with Gasteiger partial charge in [0.05, 0.1) is 17.3 Å². The number of carbonyl (C=O) groups excluding carboxylic acids is 2. The lowest BCUT2D eigenvalue weighted by molar-refractivity contribution is -0.135. The van der Waals surface area contributed by atoms with Crippen molar-refractivity contribution in [3.8, 4) is 5.75 Å². The Labute approximate surface area is 241 Å². The van der Waals surface area contributed by atoms with Crippen LogP contribution in [-0.2, 0) is 4.79 Å². The van der Waals surface area contributed by atoms with E-state index < -0.39 is 29.6 Å². The molecule has 0 spiro atoms. The van der Waals surface area contributed by atoms with E-state index in [9.17, 15) is 22.8 Å². The van der Waals surface area contributed by atoms with Gasteiger partial charge in [0.25, 0.3) is 0 Å². The van der Waals surface area contributed by atoms with Gasteiger partial charge >= 0.3 is 6.09 Å². The molecule has 0 aliphatic carbocycles. The monoisotopic (exact) mass is 586 g/mol. The van der Waals surface area contributed by atoms with Crippen LogP contribution in [0.3, 0.4) is 0 Å². The fourth-order valence-corrected chi connectivity index (χ4v) is 5.80. The van der Waals surface area contributed by atoms with Gasteiger partial charge in [-0.05, 0) is 73.9 Å². The number of rotatable bonds is 6. The molecule has 2 saturated heterocycles. The van der Waals surface area contributed by atoms with Gasteiger partial charge in [0, 0.05) is 44.6 Å². The molecule has 11 heteroatoms. The van der Waals surface area contributed by atoms with Crippen LogP contribution in [0.5, 0.6) is 5.75 Å². The third-order valence-electron chi connectivity index (χ3n) is 7.85. The number of ether oxygens (including phenoxy) is 1. The van der Waals surface area contributed by atoms with Gasteiger partial charge < -0.3 is 19.4 Å². The van der Waals surface area contributed by atoms with Crippen molar-refractivity contribution in [3.05, 3.63) is 88.8 Å². The predicted molar refractivity (Wildman–Crippen MR) is 148 cm³/mol. The van der Waals surface area contributed by atoms with Gasteiger partial charge in [0.2, 0.25) is 5.91 Å². The van der Waals surface area contributed by atoms with Crippen LogP contribution < -0.4 is 9.64 Å². The second kappa shape index (κ2) is 12.4. The van der Waals surface area contributed by atoms with Gasteiger partial charge in [0.15, 0.2) is 0 Å². The van der Waals surface area contributed by atoms with E-state index >= 15 is 0 Å². The number of carbonyl (C=O) groups is 2. The highest BCUT2D eigenvalue weighted by Crippen LogP contribution is 2.35. The van der Waals surface area contributed by atoms with Crippen LogP contribution in [0.15, 0.2) is 60.8 Å². The van der Waals surface area contributed by atoms with E-state index in [4.69, 9.17) is 16.3 Å². The second-order valence-electron chi connectivity index (χ2n) is 10.3. The zero-order chi connectivity index (χ0) is 29.1. The molecule has 7 nitrogen and oxygen atoms in total. The molecule has 216 valence electrons. The topological polar surface area (TPSA) is 66.0 Å². The summed E-state index contributed by atoms with van der Waals surface area (Å²) in [5, 5.41) is -0.0123. The number of likely N-dealkylation sites (tertiary alicyclic amines) is 1. The van der Waals surface area contributed by atoms with Crippen molar-refractivity contribution in [1.82, 2.24) is 14.8 Å². The lowest BCUT2D eigenvalue weighted by Crippen LogP contribution is -2.47. The summed E-state index contributed by atoms with van der Waals surface area (Å²) < 4.78 is 46.6. The molecule has 0 radical (unpaired) electrons. The third-order valence-corrected chi connectivity index (χ3v) is 8.15. The zero-order valence-electron chi connectivity index (χ0n) is 22.5. The first-order valence-corrected chi connectivity index (χ1v) is 14.0. The predicted octanol–water partition coefficient (Wildman–Crippen LogP) is 5.88. The molecule has 5 rings (SSSR count). The van der Waals surface area contributed by atoms with Crippen molar-refractivity contribution in [2.45, 2.75) is 31.7 Å². The van der Waals surface area contributed by atoms with Crippen LogP contribution in [-0.4, -0.2) is 65.5 Å². The number of pyridine rings is 1. The van der Waals surface area contributed by atoms with Crippen LogP contribution in [0.1, 0.15) is 31.2 Å². The Morgan fingerprint density at radius 1 is 1.00 bits per heavy atom. The van der Waals surface area contributed by atoms with E-state index in [-0.39, 0.29) is 41.6 Å². The number of nitrogens with zero attached hydrogens (tertiary/aromatic N) is 4. The first-order chi connectivity index (χ1) is 19.7. The van der Waals surface area contributed by atoms with Crippen LogP contribution in [0.25, 0.3) is 0 Å². The van der Waals surface area contributed by atoms with Gasteiger partial charge in [-0.15, -0.1) is 0 Å². The number of piperidine rings is 1. The van der Waals surface area contributed by atoms with E-state index in [2.05, 4.69) is 4.98 Å². The highest BCUT2D eigenvalue weighted by Gasteiger charge is 2.43. The number of hydrogen-bond donors (Lipinski definition) is 0. The highest BCUT2D eigenvalue weighted by atomic mass is 35.5. The van der Waals surface area contributed by atoms with Crippen LogP contribution in [0.4, 0.5) is 23.8 Å². The first-order valence-electron chi connectivity index (χ1n) is 13.6. The van der Waals surface area contributed by atoms with Crippen molar-refractivity contribution < 1.29 is 27.5 Å². The van der Waals surface area contributed by atoms with Gasteiger partial charge in [-0.2, -0.15) is 0 Å². The molecule has 2 fully saturated rings. The average Bonchev–Trinajstić information content (AvgIpc) is 3.41. The van der Waals surface area contributed by atoms with Crippen LogP contribution in [0.2, 0.25) is 5.02 Å². The Morgan fingerprint density at radius 3 is 2.34 bits per heavy atom. The maximum absolute atomic E-state index is 14.5. The number of aromatic nitrogens is 1. The summed E-state index contributed by atoms with van der Waals surface area (Å²) in [7, 11) is 0. The number of anilines is 1. The smallest absolute Gasteiger partial charge is 0.410 e. The molecule has 3 heterocycles. The summed E-state index contributed by atoms with van der Waals surface area (Å²) in [6.45, 7) is 3.83. The van der Waals surface area contributed by atoms with E-state index in [1.165, 1.54) is 53.6 Å². The molecule has 2 aromatic carbocycles. The number of amides is 2. The summed E-state index contributed by atoms with van der Waals surface area (Å²) in [4.78, 5) is 36.4. The molecule has 0 bridgehead atoms. The third kappa shape index (κ3) is 6.43. The Bertz CT molecular complexity index is 1380. The quantitative estimate of drug-likeness (QED) is 0.361. The molecule has 2 atom stereocenters. The molecular weight excluding hydrogens is 557 g/mol. The van der Waals surface area contributed by atoms with Gasteiger partial charge in [0.1, 0.15) is 29.0 Å². The van der Waals surface area contributed by atoms with E-state index in [0.29, 0.717) is 43.9 Å². The molecule has 0 unspecified atom stereocenters. The molecule has 1 aromatic heterocycles. The molecule has 2 aliphatic heterocycles. The largest absolute Gasteiger partial charge is 0.415 e. The van der Waals surface area contributed by atoms with Crippen LogP contribution in [0, 0.1) is 23.4 Å². The lowest BCUT2D eigenvalue weighted by Gasteiger charge is -2.34. The number of hydrogen-bond acceptors (Lipinski definition) is 5. The first kappa shape index (κ1) is 28.7. The summed E-state index contributed by atoms with van der Waals surface area (Å²) in [5.41, 5.74) is 0.623. The van der Waals surface area contributed by atoms with Crippen molar-refractivity contribution >= 4 is 29.4 Å². The number of benzene rings is 2. The zero-order valence-corrected chi connectivity index (χ0v) is 23.2. The number of halogens is 4. The Morgan fingerprint density at radius 2 is 1.71 bits per heavy atom. The fourth-order valence-electron chi connectivity index (χ4n) is 5.68. The summed E-state index contributed by atoms with van der Waals surface area (Å²) >= 11 is 5.93. The minimum absolute atomic E-state index is 0.0123. The Hall–Kier alpha value is -3.79. The van der Waals surface area contributed by atoms with Gasteiger partial charge in [-0.1, -0.05) is 17.7 Å². The molecular formula is C30H30ClF3N4O3. The van der Waals surface area contributed by atoms with E-state index in [0.717, 1.165) is 0 Å². The molecule has 0 N–H and O–H groups in total. The molecule has 2 amide bonds. The van der Waals surface area contributed by atoms with Crippen LogP contribution >= 0.6 is 11.6 Å². The summed E-state index contributed by atoms with van der Waals surface area (Å²) in [6, 6.07) is 12.2. The van der Waals surface area contributed by atoms with Crippen molar-refractivity contribution in [3.63, 3.8) is 0 Å². The Balaban J connectivity index is 1.33. The van der Waals surface area contributed by atoms with E-state index in [1.54, 1.807) is 24.0 Å². The average molecular weight is 587 g/mol. The standard InChI is InChI=1S/C30H30ClF3N4O3/c1-2-38(30(40)41-23-7-4-21(32)5-8-23)27-18-37(17-24(27)20-3-9-25(31)26(34)15-20)29(39)19-11-13-36(14-12-19)28-10-6-22(33)16-35-28/h3-10,15-16,19,24,27H,2,11-14,17-18H2,1H3/t24-,27+/m0/s1. The number of likely N-dealkylation sites (N-methyl/N-ethyl adjacent to an activating group) is 1. The van der Waals surface area contributed by atoms with Gasteiger partial charge in [-0.3, -0.25) is 4.79 Å². The van der Waals surface area contributed by atoms with Crippen molar-refractivity contribution in [2.75, 3.05) is 37.6 Å². The maximum atomic E-state index is 14.5. The minimum atomic E-state index is -0.641. The second-order valence-corrected chi connectivity index (χ2v) is 10.7. The summed E-state index contributed by atoms with van der Waals surface area (Å²) in [5.74, 6) is -1.21. The van der Waals surface area contributed by atoms with Crippen molar-refractivity contribution in [1.29, 1.82) is 0 Å². The molecule has 0 saturated carbocycles. The fraction of sp³-hybridized carbons (Fsp3) is 0.367. The molecule has 41 heavy (non-hydrogen) atoms. The van der Waals surface area contributed by atoms with E-state index in [1.807, 2.05) is 4.90 Å². The highest BCUT2D eigenvalue weighted by molar-refractivity contribution is 6.30. The maximum Gasteiger partial charge on any atom is 0.415 e. The molecule has 3 aromatic rings. The minimum Gasteiger partial charge on any atom is -0.410 e. The van der Waals surface area contributed by atoms with Gasteiger partial charge in [-0.25, -0.2) is 22.9 Å². The van der Waals surface area contributed by atoms with Crippen molar-refractivity contribution in [2.24, 2.45) is 5.92 Å². The molecule has 2 aliphatic rings. The Kier molecular flexibility index (Phi) is 8.68. The SMILES string of the molecule is CCN(C(=O)Oc1ccc(F)cc1)[C@@H]1CN(C(=O)C2CCN(c3ccc(F)cn3)CC2)C[C@H]1c1ccc(Cl)c(F)c1. The lowest BCUT2D eigenvalue weighted by atomic mass is 9.93. The summed E-state index contributed by atoms with van der Waals surface area (Å²) in [6.07, 6.45) is 1.74.